The number of likely N-dealkylation sites (tertiary alicyclic amines) is 1. The lowest BCUT2D eigenvalue weighted by atomic mass is 9.90. The summed E-state index contributed by atoms with van der Waals surface area (Å²) in [5.74, 6) is -0.374. The van der Waals surface area contributed by atoms with Gasteiger partial charge in [-0.1, -0.05) is 23.7 Å². The molecule has 274 valence electrons. The number of benzene rings is 1. The van der Waals surface area contributed by atoms with Gasteiger partial charge in [-0.2, -0.15) is 0 Å². The van der Waals surface area contributed by atoms with Crippen LogP contribution in [0.1, 0.15) is 62.6 Å². The molecule has 0 saturated carbocycles. The van der Waals surface area contributed by atoms with Crippen LogP contribution in [0.4, 0.5) is 9.80 Å². The third kappa shape index (κ3) is 12.2. The Morgan fingerprint density at radius 3 is 2.26 bits per heavy atom. The van der Waals surface area contributed by atoms with Crippen LogP contribution in [0.2, 0.25) is 5.02 Å². The fourth-order valence-corrected chi connectivity index (χ4v) is 6.93. The fourth-order valence-electron chi connectivity index (χ4n) is 5.57. The van der Waals surface area contributed by atoms with E-state index in [1.54, 1.807) is 28.1 Å². The molecule has 4 rings (SSSR count). The summed E-state index contributed by atoms with van der Waals surface area (Å²) >= 11 is 7.61. The number of rotatable bonds is 10. The Balaban J connectivity index is 0.000000273. The predicted octanol–water partition coefficient (Wildman–Crippen LogP) is 5.76. The lowest BCUT2D eigenvalue weighted by Crippen LogP contribution is -2.48. The molecule has 1 saturated heterocycles. The summed E-state index contributed by atoms with van der Waals surface area (Å²) in [5, 5.41) is 29.3. The lowest BCUT2D eigenvalue weighted by molar-refractivity contribution is -0.143. The van der Waals surface area contributed by atoms with Gasteiger partial charge in [0.15, 0.2) is 0 Å². The predicted molar refractivity (Wildman–Crippen MR) is 197 cm³/mol. The van der Waals surface area contributed by atoms with E-state index in [-0.39, 0.29) is 37.5 Å². The summed E-state index contributed by atoms with van der Waals surface area (Å²) in [4.78, 5) is 43.1. The number of hydrogen-bond acceptors (Lipinski definition) is 10. The second kappa shape index (κ2) is 18.4. The van der Waals surface area contributed by atoms with E-state index in [0.29, 0.717) is 49.5 Å². The van der Waals surface area contributed by atoms with Gasteiger partial charge in [0.1, 0.15) is 28.9 Å². The van der Waals surface area contributed by atoms with Crippen molar-refractivity contribution in [1.29, 1.82) is 10.8 Å². The number of piperidine rings is 1. The third-order valence-electron chi connectivity index (χ3n) is 7.75. The molecule has 0 bridgehead atoms. The maximum absolute atomic E-state index is 12.4. The van der Waals surface area contributed by atoms with Crippen LogP contribution in [-0.4, -0.2) is 104 Å². The minimum absolute atomic E-state index is 0.00885. The summed E-state index contributed by atoms with van der Waals surface area (Å²) < 4.78 is 16.3. The van der Waals surface area contributed by atoms with E-state index in [2.05, 4.69) is 24.2 Å². The molecule has 4 N–H and O–H groups in total. The van der Waals surface area contributed by atoms with Gasteiger partial charge in [-0.25, -0.2) is 9.59 Å². The van der Waals surface area contributed by atoms with Crippen LogP contribution in [0.5, 0.6) is 0 Å². The van der Waals surface area contributed by atoms with Gasteiger partial charge in [0.2, 0.25) is 5.91 Å². The molecule has 2 atom stereocenters. The van der Waals surface area contributed by atoms with E-state index >= 15 is 0 Å². The summed E-state index contributed by atoms with van der Waals surface area (Å²) in [5.41, 5.74) is 3.43. The van der Waals surface area contributed by atoms with Crippen LogP contribution in [0.15, 0.2) is 29.3 Å². The fraction of sp³-hybridized carbons (Fsp3) is 0.543. The van der Waals surface area contributed by atoms with Crippen molar-refractivity contribution in [2.45, 2.75) is 60.5 Å². The summed E-state index contributed by atoms with van der Waals surface area (Å²) in [6.45, 7) is 15.1. The van der Waals surface area contributed by atoms with Crippen molar-refractivity contribution in [1.82, 2.24) is 10.2 Å². The first-order valence-electron chi connectivity index (χ1n) is 16.4. The lowest BCUT2D eigenvalue weighted by Gasteiger charge is -2.38. The topological polar surface area (TPSA) is 178 Å². The standard InChI is InChI=1S/C18H32N2O7.C17H17ClN4S/c1-13(21)19-5-6-25-10-14-7-15(11-26-12-16(22)23)9-20(8-14)17(24)27-18(2,3)4;1-9-10(2)23-17-15(9)16(12-4-6-13(18)7-5-12)21-8-14(20)22(17)11(3)19/h14-15H,5-12H2,1-4H3,(H,19,21)(H,22,23);4-7,19-20H,8H2,1-3H3. The van der Waals surface area contributed by atoms with Crippen LogP contribution in [0.25, 0.3) is 0 Å². The average molecular weight is 733 g/mol. The SMILES string of the molecule is CC(=N)N1C(=N)CN=C(c2ccc(Cl)cc2)c2c1sc(C)c2C.CC(=O)NCCOCC1CC(COCC(=O)O)CN(C(=O)OC(C)(C)C)C1. The normalized spacial score (nSPS) is 17.5. The van der Waals surface area contributed by atoms with Crippen LogP contribution < -0.4 is 10.2 Å². The number of thiophene rings is 1. The molecule has 3 heterocycles. The molecule has 13 nitrogen and oxygen atoms in total. The van der Waals surface area contributed by atoms with Gasteiger partial charge in [-0.05, 0) is 65.7 Å². The molecule has 2 unspecified atom stereocenters. The molecule has 1 fully saturated rings. The molecule has 15 heteroatoms. The maximum atomic E-state index is 12.4. The molecule has 2 aromatic rings. The Morgan fingerprint density at radius 1 is 1.08 bits per heavy atom. The van der Waals surface area contributed by atoms with Gasteiger partial charge >= 0.3 is 12.1 Å². The largest absolute Gasteiger partial charge is 0.480 e. The summed E-state index contributed by atoms with van der Waals surface area (Å²) in [6, 6.07) is 7.61. The number of aryl methyl sites for hydroxylation is 1. The maximum Gasteiger partial charge on any atom is 0.410 e. The number of carbonyl (C=O) groups is 3. The highest BCUT2D eigenvalue weighted by molar-refractivity contribution is 7.17. The van der Waals surface area contributed by atoms with Crippen LogP contribution in [-0.2, 0) is 23.8 Å². The van der Waals surface area contributed by atoms with Crippen molar-refractivity contribution in [2.75, 3.05) is 57.5 Å². The molecule has 0 radical (unpaired) electrons. The molecule has 0 aliphatic carbocycles. The zero-order valence-electron chi connectivity index (χ0n) is 29.9. The molecule has 0 spiro atoms. The Kier molecular flexibility index (Phi) is 14.9. The van der Waals surface area contributed by atoms with Crippen LogP contribution >= 0.6 is 22.9 Å². The zero-order valence-corrected chi connectivity index (χ0v) is 31.4. The highest BCUT2D eigenvalue weighted by Gasteiger charge is 2.33. The molecular weight excluding hydrogens is 684 g/mol. The van der Waals surface area contributed by atoms with Gasteiger partial charge in [-0.3, -0.25) is 25.5 Å². The molecule has 2 aliphatic rings. The first-order chi connectivity index (χ1) is 23.5. The van der Waals surface area contributed by atoms with Crippen molar-refractivity contribution >= 4 is 63.3 Å². The number of carbonyl (C=O) groups excluding carboxylic acids is 2. The van der Waals surface area contributed by atoms with Crippen LogP contribution in [0.3, 0.4) is 0 Å². The second-order valence-corrected chi connectivity index (χ2v) is 15.0. The molecule has 2 aliphatic heterocycles. The quantitative estimate of drug-likeness (QED) is 0.135. The van der Waals surface area contributed by atoms with E-state index in [1.807, 2.05) is 45.0 Å². The Bertz CT molecular complexity index is 1570. The molecule has 50 heavy (non-hydrogen) atoms. The Morgan fingerprint density at radius 2 is 1.70 bits per heavy atom. The first kappa shape index (κ1) is 40.6. The van der Waals surface area contributed by atoms with Gasteiger partial charge in [0, 0.05) is 59.4 Å². The number of nitrogens with zero attached hydrogens (tertiary/aromatic N) is 3. The first-order valence-corrected chi connectivity index (χ1v) is 17.6. The number of nitrogens with one attached hydrogen (secondary N) is 3. The number of halogens is 1. The number of amides is 2. The number of aliphatic imine (C=N–C) groups is 1. The second-order valence-electron chi connectivity index (χ2n) is 13.3. The van der Waals surface area contributed by atoms with Crippen molar-refractivity contribution < 1.29 is 33.7 Å². The van der Waals surface area contributed by atoms with Crippen molar-refractivity contribution in [3.05, 3.63) is 50.9 Å². The Labute approximate surface area is 303 Å². The monoisotopic (exact) mass is 732 g/mol. The number of anilines is 1. The number of ether oxygens (including phenoxy) is 3. The third-order valence-corrected chi connectivity index (χ3v) is 9.19. The minimum atomic E-state index is -1.02. The highest BCUT2D eigenvalue weighted by Crippen LogP contribution is 2.39. The van der Waals surface area contributed by atoms with Gasteiger partial charge in [-0.15, -0.1) is 11.3 Å². The van der Waals surface area contributed by atoms with E-state index in [9.17, 15) is 14.4 Å². The zero-order chi connectivity index (χ0) is 37.2. The number of hydrogen-bond donors (Lipinski definition) is 4. The Hall–Kier alpha value is -3.85. The minimum Gasteiger partial charge on any atom is -0.480 e. The van der Waals surface area contributed by atoms with Crippen molar-refractivity contribution in [2.24, 2.45) is 16.8 Å². The van der Waals surface area contributed by atoms with E-state index in [1.165, 1.54) is 11.8 Å². The van der Waals surface area contributed by atoms with Crippen LogP contribution in [0, 0.1) is 36.5 Å². The number of carboxylic acids is 1. The smallest absolute Gasteiger partial charge is 0.410 e. The van der Waals surface area contributed by atoms with Gasteiger partial charge in [0.25, 0.3) is 0 Å². The molecule has 1 aromatic heterocycles. The molecule has 1 aromatic carbocycles. The highest BCUT2D eigenvalue weighted by atomic mass is 35.5. The number of fused-ring (bicyclic) bond motifs is 1. The van der Waals surface area contributed by atoms with Crippen molar-refractivity contribution in [3.63, 3.8) is 0 Å². The van der Waals surface area contributed by atoms with Gasteiger partial charge in [0.05, 0.1) is 32.1 Å². The van der Waals surface area contributed by atoms with Gasteiger partial charge < -0.3 is 29.5 Å². The van der Waals surface area contributed by atoms with E-state index in [0.717, 1.165) is 33.8 Å². The average Bonchev–Trinajstić information content (AvgIpc) is 3.20. The van der Waals surface area contributed by atoms with E-state index in [4.69, 9.17) is 41.7 Å². The molecular formula is C35H49ClN6O7S. The number of carboxylic acid groups (broad SMARTS) is 1. The van der Waals surface area contributed by atoms with E-state index < -0.39 is 17.7 Å². The molecule has 2 amide bonds. The number of aliphatic carboxylic acids is 1. The number of amidine groups is 2. The van der Waals surface area contributed by atoms with Crippen molar-refractivity contribution in [3.8, 4) is 0 Å². The summed E-state index contributed by atoms with van der Waals surface area (Å²) in [7, 11) is 0. The summed E-state index contributed by atoms with van der Waals surface area (Å²) in [6.07, 6.45) is 0.368.